The van der Waals surface area contributed by atoms with Crippen LogP contribution in [0.25, 0.3) is 98.7 Å². The number of allylic oxidation sites excluding steroid dienone is 4. The van der Waals surface area contributed by atoms with E-state index in [-0.39, 0.29) is 0 Å². The Morgan fingerprint density at radius 2 is 0.921 bits per heavy atom. The standard InChI is InChI=1S/C47H29N3.C5H9N.C5H8.C2H6/c1-3-34(40-6-2-5-36-29-50-24-19-43(36)40)25-35(4-1)41-11-7-32-10-14-45-42(12-8-33-9-13-44(41)46(32)47(33)45)39-27-37(30-15-20-48-21-16-30)26-38(28-39)31-17-22-49-23-18-31;1-3-5-6-4-2;1-3-5-4-2;1-2/h1-29H;3-5H,1-2H3;3-5H,1H2,2H3;1-2H3/b;5-3-,6-4?;5-4-;. The van der Waals surface area contributed by atoms with Gasteiger partial charge in [0.05, 0.1) is 0 Å². The van der Waals surface area contributed by atoms with Crippen molar-refractivity contribution in [2.24, 2.45) is 4.99 Å². The average Bonchev–Trinajstić information content (AvgIpc) is 3.36. The highest BCUT2D eigenvalue weighted by atomic mass is 14.6. The van der Waals surface area contributed by atoms with Gasteiger partial charge in [0.15, 0.2) is 0 Å². The fourth-order valence-electron chi connectivity index (χ4n) is 8.05. The van der Waals surface area contributed by atoms with Crippen LogP contribution in [0.1, 0.15) is 34.6 Å². The van der Waals surface area contributed by atoms with Crippen molar-refractivity contribution in [1.29, 1.82) is 0 Å². The van der Waals surface area contributed by atoms with Gasteiger partial charge in [-0.3, -0.25) is 19.9 Å². The Hall–Kier alpha value is -7.82. The summed E-state index contributed by atoms with van der Waals surface area (Å²) in [4.78, 5) is 16.7. The van der Waals surface area contributed by atoms with Crippen molar-refractivity contribution >= 4 is 49.3 Å². The fraction of sp³-hybridized carbons (Fsp3) is 0.0847. The van der Waals surface area contributed by atoms with Gasteiger partial charge in [-0.15, -0.1) is 0 Å². The predicted molar refractivity (Wildman–Crippen MR) is 274 cm³/mol. The lowest BCUT2D eigenvalue weighted by Crippen LogP contribution is -1.91. The van der Waals surface area contributed by atoms with Gasteiger partial charge in [0.2, 0.25) is 0 Å². The first-order valence-corrected chi connectivity index (χ1v) is 21.5. The number of aromatic nitrogens is 3. The van der Waals surface area contributed by atoms with Crippen molar-refractivity contribution in [3.63, 3.8) is 0 Å². The number of fused-ring (bicyclic) bond motifs is 1. The largest absolute Gasteiger partial charge is 0.270 e. The average molecular weight is 817 g/mol. The van der Waals surface area contributed by atoms with Crippen LogP contribution >= 0.6 is 0 Å². The van der Waals surface area contributed by atoms with Crippen LogP contribution in [0.3, 0.4) is 0 Å². The summed E-state index contributed by atoms with van der Waals surface area (Å²) in [6.45, 7) is 13.2. The molecule has 0 atom stereocenters. The Morgan fingerprint density at radius 3 is 1.43 bits per heavy atom. The molecule has 4 heteroatoms. The molecule has 0 N–H and O–H groups in total. The van der Waals surface area contributed by atoms with E-state index in [2.05, 4.69) is 166 Å². The van der Waals surface area contributed by atoms with Gasteiger partial charge in [0, 0.05) is 55.0 Å². The van der Waals surface area contributed by atoms with E-state index in [1.807, 2.05) is 90.0 Å². The van der Waals surface area contributed by atoms with E-state index >= 15 is 0 Å². The van der Waals surface area contributed by atoms with Crippen molar-refractivity contribution in [3.8, 4) is 55.6 Å². The smallest absolute Gasteiger partial charge is 0.0346 e. The molecule has 0 aliphatic heterocycles. The molecule has 0 saturated carbocycles. The van der Waals surface area contributed by atoms with Crippen molar-refractivity contribution in [2.75, 3.05) is 0 Å². The molecular weight excluding hydrogens is 765 g/mol. The molecule has 7 aromatic carbocycles. The molecular formula is C59H52N4. The van der Waals surface area contributed by atoms with Gasteiger partial charge in [0.25, 0.3) is 0 Å². The second kappa shape index (κ2) is 21.1. The van der Waals surface area contributed by atoms with Crippen molar-refractivity contribution in [2.45, 2.75) is 34.6 Å². The zero-order valence-corrected chi connectivity index (χ0v) is 36.7. The summed E-state index contributed by atoms with van der Waals surface area (Å²) in [6.07, 6.45) is 22.2. The molecule has 10 rings (SSSR count). The Kier molecular flexibility index (Phi) is 14.5. The lowest BCUT2D eigenvalue weighted by molar-refractivity contribution is 1.33. The summed E-state index contributed by atoms with van der Waals surface area (Å²) >= 11 is 0. The second-order valence-corrected chi connectivity index (χ2v) is 14.6. The van der Waals surface area contributed by atoms with E-state index in [9.17, 15) is 0 Å². The highest BCUT2D eigenvalue weighted by Gasteiger charge is 2.17. The van der Waals surface area contributed by atoms with Crippen LogP contribution in [0.4, 0.5) is 0 Å². The highest BCUT2D eigenvalue weighted by Crippen LogP contribution is 2.44. The fourth-order valence-corrected chi connectivity index (χ4v) is 8.05. The highest BCUT2D eigenvalue weighted by molar-refractivity contribution is 6.27. The minimum atomic E-state index is 1.14. The van der Waals surface area contributed by atoms with E-state index < -0.39 is 0 Å². The number of aliphatic imine (C=N–C) groups is 1. The summed E-state index contributed by atoms with van der Waals surface area (Å²) in [7, 11) is 0. The predicted octanol–water partition coefficient (Wildman–Crippen LogP) is 16.6. The Morgan fingerprint density at radius 1 is 0.429 bits per heavy atom. The van der Waals surface area contributed by atoms with Gasteiger partial charge < -0.3 is 0 Å². The molecule has 63 heavy (non-hydrogen) atoms. The third kappa shape index (κ3) is 9.57. The molecule has 3 heterocycles. The summed E-state index contributed by atoms with van der Waals surface area (Å²) in [5, 5.41) is 9.98. The minimum absolute atomic E-state index is 1.14. The molecule has 0 amide bonds. The van der Waals surface area contributed by atoms with Crippen molar-refractivity contribution < 1.29 is 0 Å². The molecule has 0 saturated heterocycles. The maximum Gasteiger partial charge on any atom is 0.0346 e. The van der Waals surface area contributed by atoms with Crippen LogP contribution in [0.15, 0.2) is 219 Å². The minimum Gasteiger partial charge on any atom is -0.270 e. The molecule has 0 aliphatic rings. The number of benzene rings is 7. The number of rotatable bonds is 7. The summed E-state index contributed by atoms with van der Waals surface area (Å²) in [5.41, 5.74) is 11.9. The topological polar surface area (TPSA) is 51.0 Å². The van der Waals surface area contributed by atoms with Crippen LogP contribution in [0.2, 0.25) is 0 Å². The van der Waals surface area contributed by atoms with E-state index in [4.69, 9.17) is 0 Å². The van der Waals surface area contributed by atoms with Crippen LogP contribution in [0, 0.1) is 0 Å². The quantitative estimate of drug-likeness (QED) is 0.0914. The van der Waals surface area contributed by atoms with Crippen LogP contribution in [0.5, 0.6) is 0 Å². The normalized spacial score (nSPS) is 11.1. The van der Waals surface area contributed by atoms with Crippen molar-refractivity contribution in [3.05, 3.63) is 214 Å². The van der Waals surface area contributed by atoms with Gasteiger partial charge in [-0.25, -0.2) is 0 Å². The summed E-state index contributed by atoms with van der Waals surface area (Å²) < 4.78 is 0. The van der Waals surface area contributed by atoms with Gasteiger partial charge in [-0.05, 0) is 169 Å². The summed E-state index contributed by atoms with van der Waals surface area (Å²) in [6, 6.07) is 51.0. The maximum absolute atomic E-state index is 4.34. The maximum atomic E-state index is 4.34. The van der Waals surface area contributed by atoms with Crippen molar-refractivity contribution in [1.82, 2.24) is 15.0 Å². The Bertz CT molecular complexity index is 3110. The number of hydrogen-bond acceptors (Lipinski definition) is 4. The zero-order chi connectivity index (χ0) is 44.0. The number of nitrogens with zero attached hydrogens (tertiary/aromatic N) is 4. The first kappa shape index (κ1) is 43.3. The number of hydrogen-bond donors (Lipinski definition) is 0. The SMILES string of the molecule is C=C/C=C\C.CC.CC=N/C=C\C.c1cc(-c2cccc3cnccc23)cc(-c2ccc3ccc4c(-c5cc(-c6ccncc6)cc(-c6ccncc6)c5)ccc5ccc2c3c54)c1. The third-order valence-electron chi connectivity index (χ3n) is 10.8. The lowest BCUT2D eigenvalue weighted by Gasteiger charge is -2.18. The summed E-state index contributed by atoms with van der Waals surface area (Å²) in [5.74, 6) is 0. The van der Waals surface area contributed by atoms with Gasteiger partial charge >= 0.3 is 0 Å². The molecule has 0 bridgehead atoms. The van der Waals surface area contributed by atoms with Crippen LogP contribution in [-0.4, -0.2) is 21.2 Å². The first-order chi connectivity index (χ1) is 31.1. The third-order valence-corrected chi connectivity index (χ3v) is 10.8. The van der Waals surface area contributed by atoms with Crippen LogP contribution < -0.4 is 0 Å². The molecule has 0 aliphatic carbocycles. The molecule has 0 fully saturated rings. The second-order valence-electron chi connectivity index (χ2n) is 14.6. The molecule has 0 unspecified atom stereocenters. The molecule has 308 valence electrons. The monoisotopic (exact) mass is 816 g/mol. The van der Waals surface area contributed by atoms with Gasteiger partial charge in [0.1, 0.15) is 0 Å². The zero-order valence-electron chi connectivity index (χ0n) is 36.7. The molecule has 10 aromatic rings. The van der Waals surface area contributed by atoms with E-state index in [0.717, 1.165) is 27.6 Å². The molecule has 0 radical (unpaired) electrons. The lowest BCUT2D eigenvalue weighted by atomic mass is 9.86. The first-order valence-electron chi connectivity index (χ1n) is 21.5. The van der Waals surface area contributed by atoms with E-state index in [1.54, 1.807) is 18.5 Å². The van der Waals surface area contributed by atoms with E-state index in [1.165, 1.54) is 71.1 Å². The Labute approximate surface area is 371 Å². The van der Waals surface area contributed by atoms with Crippen LogP contribution in [-0.2, 0) is 0 Å². The number of pyridine rings is 3. The van der Waals surface area contributed by atoms with Gasteiger partial charge in [-0.2, -0.15) is 0 Å². The van der Waals surface area contributed by atoms with Gasteiger partial charge in [-0.1, -0.05) is 130 Å². The molecule has 4 nitrogen and oxygen atoms in total. The molecule has 3 aromatic heterocycles. The van der Waals surface area contributed by atoms with E-state index in [0.29, 0.717) is 0 Å². The molecule has 0 spiro atoms. The Balaban J connectivity index is 0.000000406.